The van der Waals surface area contributed by atoms with Crippen molar-refractivity contribution in [1.29, 1.82) is 0 Å². The van der Waals surface area contributed by atoms with Crippen LogP contribution in [0.4, 0.5) is 10.2 Å². The van der Waals surface area contributed by atoms with Crippen molar-refractivity contribution in [3.8, 4) is 11.5 Å². The summed E-state index contributed by atoms with van der Waals surface area (Å²) in [7, 11) is 0. The molecule has 0 fully saturated rings. The highest BCUT2D eigenvalue weighted by molar-refractivity contribution is 5.85. The smallest absolute Gasteiger partial charge is 0.312 e. The second-order valence-corrected chi connectivity index (χ2v) is 9.89. The predicted octanol–water partition coefficient (Wildman–Crippen LogP) is 4.48. The van der Waals surface area contributed by atoms with Crippen LogP contribution in [-0.4, -0.2) is 37.6 Å². The number of anilines is 1. The van der Waals surface area contributed by atoms with Crippen molar-refractivity contribution in [2.75, 3.05) is 18.8 Å². The van der Waals surface area contributed by atoms with Crippen molar-refractivity contribution in [2.24, 2.45) is 5.41 Å². The molecular formula is C25H28FN7O2. The molecule has 0 spiro atoms. The maximum Gasteiger partial charge on any atom is 0.312 e. The number of nitrogen functional groups attached to an aromatic ring is 1. The molecule has 5 aromatic rings. The Bertz CT molecular complexity index is 1510. The third kappa shape index (κ3) is 4.74. The molecule has 0 saturated carbocycles. The fourth-order valence-corrected chi connectivity index (χ4v) is 4.12. The minimum atomic E-state index is -0.874. The van der Waals surface area contributed by atoms with Gasteiger partial charge in [0, 0.05) is 37.0 Å². The molecule has 0 unspecified atom stereocenters. The van der Waals surface area contributed by atoms with E-state index in [1.54, 1.807) is 12.5 Å². The second-order valence-electron chi connectivity index (χ2n) is 9.89. The number of aryl methyl sites for hydroxylation is 1. The van der Waals surface area contributed by atoms with E-state index in [-0.39, 0.29) is 11.2 Å². The molecule has 10 heteroatoms. The van der Waals surface area contributed by atoms with Crippen molar-refractivity contribution in [3.05, 3.63) is 53.9 Å². The zero-order valence-electron chi connectivity index (χ0n) is 20.2. The number of rotatable bonds is 7. The van der Waals surface area contributed by atoms with E-state index in [4.69, 9.17) is 19.6 Å². The molecule has 182 valence electrons. The summed E-state index contributed by atoms with van der Waals surface area (Å²) in [5.41, 5.74) is 9.38. The zero-order valence-corrected chi connectivity index (χ0v) is 20.2. The number of hydrogen-bond acceptors (Lipinski definition) is 8. The van der Waals surface area contributed by atoms with Gasteiger partial charge in [0.2, 0.25) is 5.89 Å². The maximum atomic E-state index is 14.1. The number of furan rings is 1. The van der Waals surface area contributed by atoms with Gasteiger partial charge in [-0.2, -0.15) is 14.4 Å². The SMILES string of the molecule is Cc1cnc(-c2cc3occc3cc2Cc2nc3c(N)nc(F)nc3n2CCNCC(C)(C)C)o1. The van der Waals surface area contributed by atoms with Gasteiger partial charge in [-0.1, -0.05) is 20.8 Å². The first kappa shape index (κ1) is 23.0. The predicted molar refractivity (Wildman–Crippen MR) is 131 cm³/mol. The Hall–Kier alpha value is -3.79. The molecular weight excluding hydrogens is 449 g/mol. The number of fused-ring (bicyclic) bond motifs is 2. The van der Waals surface area contributed by atoms with Crippen LogP contribution in [0.5, 0.6) is 0 Å². The van der Waals surface area contributed by atoms with E-state index in [1.807, 2.05) is 29.7 Å². The van der Waals surface area contributed by atoms with Crippen LogP contribution in [0.2, 0.25) is 0 Å². The first-order chi connectivity index (χ1) is 16.7. The molecule has 3 N–H and O–H groups in total. The molecule has 0 amide bonds. The first-order valence-corrected chi connectivity index (χ1v) is 11.5. The summed E-state index contributed by atoms with van der Waals surface area (Å²) >= 11 is 0. The Morgan fingerprint density at radius 2 is 2.00 bits per heavy atom. The third-order valence-electron chi connectivity index (χ3n) is 5.72. The molecule has 4 heterocycles. The number of nitrogens with two attached hydrogens (primary N) is 1. The van der Waals surface area contributed by atoms with Gasteiger partial charge in [0.1, 0.15) is 17.2 Å². The molecule has 9 nitrogen and oxygen atoms in total. The summed E-state index contributed by atoms with van der Waals surface area (Å²) in [5.74, 6) is 1.91. The molecule has 4 aromatic heterocycles. The van der Waals surface area contributed by atoms with Gasteiger partial charge in [0.05, 0.1) is 12.5 Å². The average molecular weight is 478 g/mol. The number of oxazole rings is 1. The van der Waals surface area contributed by atoms with Crippen LogP contribution in [0.1, 0.15) is 37.9 Å². The van der Waals surface area contributed by atoms with Crippen LogP contribution in [0, 0.1) is 18.4 Å². The van der Waals surface area contributed by atoms with Crippen LogP contribution >= 0.6 is 0 Å². The van der Waals surface area contributed by atoms with E-state index in [0.717, 1.165) is 28.6 Å². The first-order valence-electron chi connectivity index (χ1n) is 11.5. The summed E-state index contributed by atoms with van der Waals surface area (Å²) in [6.07, 6.45) is 2.88. The Balaban J connectivity index is 1.57. The van der Waals surface area contributed by atoms with Crippen LogP contribution < -0.4 is 11.1 Å². The van der Waals surface area contributed by atoms with E-state index in [9.17, 15) is 4.39 Å². The summed E-state index contributed by atoms with van der Waals surface area (Å²) in [4.78, 5) is 16.8. The second kappa shape index (κ2) is 8.77. The zero-order chi connectivity index (χ0) is 24.7. The monoisotopic (exact) mass is 477 g/mol. The van der Waals surface area contributed by atoms with Crippen molar-refractivity contribution in [1.82, 2.24) is 29.8 Å². The number of aromatic nitrogens is 5. The standard InChI is InChI=1S/C25H28FN7O2/c1-14-12-29-23(35-14)17-11-18-15(5-8-34-18)9-16(17)10-19-30-20-21(27)31-24(26)32-22(20)33(19)7-6-28-13-25(2,3)4/h5,8-9,11-12,28H,6-7,10,13H2,1-4H3,(H2,27,31,32). The number of benzene rings is 1. The lowest BCUT2D eigenvalue weighted by molar-refractivity contribution is 0.375. The topological polar surface area (TPSA) is 121 Å². The largest absolute Gasteiger partial charge is 0.464 e. The fraction of sp³-hybridized carbons (Fsp3) is 0.360. The highest BCUT2D eigenvalue weighted by Gasteiger charge is 2.21. The molecule has 0 atom stereocenters. The highest BCUT2D eigenvalue weighted by atomic mass is 19.1. The number of nitrogens with zero attached hydrogens (tertiary/aromatic N) is 5. The van der Waals surface area contributed by atoms with Gasteiger partial charge < -0.3 is 24.5 Å². The van der Waals surface area contributed by atoms with Crippen molar-refractivity contribution < 1.29 is 13.2 Å². The van der Waals surface area contributed by atoms with E-state index in [2.05, 4.69) is 41.0 Å². The summed E-state index contributed by atoms with van der Waals surface area (Å²) in [5, 5.41) is 4.41. The fourth-order valence-electron chi connectivity index (χ4n) is 4.12. The molecule has 0 aliphatic carbocycles. The number of imidazole rings is 1. The lowest BCUT2D eigenvalue weighted by Gasteiger charge is -2.19. The molecule has 0 aliphatic heterocycles. The summed E-state index contributed by atoms with van der Waals surface area (Å²) < 4.78 is 27.4. The lowest BCUT2D eigenvalue weighted by Crippen LogP contribution is -2.30. The Kier molecular flexibility index (Phi) is 5.76. The quantitative estimate of drug-likeness (QED) is 0.260. The number of hydrogen-bond donors (Lipinski definition) is 2. The van der Waals surface area contributed by atoms with Gasteiger partial charge in [-0.05, 0) is 36.1 Å². The molecule has 0 bridgehead atoms. The summed E-state index contributed by atoms with van der Waals surface area (Å²) in [6.45, 7) is 10.4. The minimum absolute atomic E-state index is 0.0176. The van der Waals surface area contributed by atoms with Crippen molar-refractivity contribution >= 4 is 28.0 Å². The van der Waals surface area contributed by atoms with Crippen LogP contribution in [-0.2, 0) is 13.0 Å². The van der Waals surface area contributed by atoms with Gasteiger partial charge in [0.25, 0.3) is 0 Å². The van der Waals surface area contributed by atoms with Crippen LogP contribution in [0.3, 0.4) is 0 Å². The van der Waals surface area contributed by atoms with Crippen molar-refractivity contribution in [3.63, 3.8) is 0 Å². The molecule has 5 rings (SSSR count). The lowest BCUT2D eigenvalue weighted by atomic mass is 9.97. The van der Waals surface area contributed by atoms with Gasteiger partial charge >= 0.3 is 6.08 Å². The normalized spacial score (nSPS) is 12.3. The van der Waals surface area contributed by atoms with E-state index in [0.29, 0.717) is 48.1 Å². The minimum Gasteiger partial charge on any atom is -0.464 e. The van der Waals surface area contributed by atoms with Crippen molar-refractivity contribution in [2.45, 2.75) is 40.7 Å². The van der Waals surface area contributed by atoms with Gasteiger partial charge in [-0.25, -0.2) is 9.97 Å². The van der Waals surface area contributed by atoms with Crippen LogP contribution in [0.15, 0.2) is 39.5 Å². The van der Waals surface area contributed by atoms with Crippen LogP contribution in [0.25, 0.3) is 33.6 Å². The van der Waals surface area contributed by atoms with Gasteiger partial charge in [0.15, 0.2) is 17.0 Å². The molecule has 0 radical (unpaired) electrons. The Morgan fingerprint density at radius 1 is 1.17 bits per heavy atom. The maximum absolute atomic E-state index is 14.1. The van der Waals surface area contributed by atoms with E-state index < -0.39 is 6.08 Å². The van der Waals surface area contributed by atoms with Gasteiger partial charge in [-0.3, -0.25) is 0 Å². The molecule has 1 aromatic carbocycles. The molecule has 0 aliphatic rings. The van der Waals surface area contributed by atoms with E-state index in [1.165, 1.54) is 0 Å². The highest BCUT2D eigenvalue weighted by Crippen LogP contribution is 2.31. The Labute approximate surface area is 201 Å². The van der Waals surface area contributed by atoms with Gasteiger partial charge in [-0.15, -0.1) is 0 Å². The molecule has 0 saturated heterocycles. The number of halogens is 1. The Morgan fingerprint density at radius 3 is 2.74 bits per heavy atom. The van der Waals surface area contributed by atoms with E-state index >= 15 is 0 Å². The number of nitrogens with one attached hydrogen (secondary N) is 1. The average Bonchev–Trinajstić information content (AvgIpc) is 3.49. The molecule has 35 heavy (non-hydrogen) atoms. The third-order valence-corrected chi connectivity index (χ3v) is 5.72. The summed E-state index contributed by atoms with van der Waals surface area (Å²) in [6, 6.07) is 5.86.